The monoisotopic (exact) mass is 320 g/mol. The minimum Gasteiger partial charge on any atom is -0.481 e. The first-order valence-corrected chi connectivity index (χ1v) is 8.84. The van der Waals surface area contributed by atoms with E-state index in [2.05, 4.69) is 20.1 Å². The first-order valence-electron chi connectivity index (χ1n) is 8.84. The zero-order chi connectivity index (χ0) is 17.5. The number of aliphatic hydroxyl groups is 1. The lowest BCUT2D eigenvalue weighted by Gasteiger charge is -2.57. The van der Waals surface area contributed by atoms with E-state index in [1.807, 2.05) is 6.92 Å². The molecule has 2 aliphatic rings. The number of hydrogen-bond donors (Lipinski definition) is 2. The molecule has 2 N–H and O–H groups in total. The summed E-state index contributed by atoms with van der Waals surface area (Å²) in [5.74, 6) is -0.185. The van der Waals surface area contributed by atoms with Crippen LogP contribution < -0.4 is 0 Å². The SMILES string of the molecule is C=C[C@](C)(O)CC[C@@H]1C(=C)CC[C@@H]2[C@]1(C)CCC[C@]2(C)C(=O)O. The molecule has 0 aromatic heterocycles. The molecule has 5 atom stereocenters. The number of carboxylic acid groups (broad SMARTS) is 1. The summed E-state index contributed by atoms with van der Waals surface area (Å²) < 4.78 is 0. The van der Waals surface area contributed by atoms with E-state index in [9.17, 15) is 15.0 Å². The maximum atomic E-state index is 11.9. The molecule has 0 unspecified atom stereocenters. The molecule has 2 rings (SSSR count). The molecule has 0 spiro atoms. The molecule has 0 aromatic carbocycles. The van der Waals surface area contributed by atoms with Crippen molar-refractivity contribution in [1.82, 2.24) is 0 Å². The Morgan fingerprint density at radius 2 is 2.09 bits per heavy atom. The van der Waals surface area contributed by atoms with Gasteiger partial charge in [0.15, 0.2) is 0 Å². The third-order valence-electron chi connectivity index (χ3n) is 6.89. The third kappa shape index (κ3) is 3.13. The highest BCUT2D eigenvalue weighted by Crippen LogP contribution is 2.62. The number of rotatable bonds is 5. The molecule has 2 aliphatic carbocycles. The summed E-state index contributed by atoms with van der Waals surface area (Å²) in [5.41, 5.74) is -0.294. The lowest BCUT2D eigenvalue weighted by Crippen LogP contribution is -2.53. The maximum absolute atomic E-state index is 11.9. The van der Waals surface area contributed by atoms with Gasteiger partial charge in [0.25, 0.3) is 0 Å². The van der Waals surface area contributed by atoms with Gasteiger partial charge < -0.3 is 10.2 Å². The van der Waals surface area contributed by atoms with E-state index in [0.717, 1.165) is 38.5 Å². The first-order chi connectivity index (χ1) is 10.6. The second kappa shape index (κ2) is 6.08. The number of carboxylic acids is 1. The van der Waals surface area contributed by atoms with Crippen LogP contribution in [-0.4, -0.2) is 21.8 Å². The van der Waals surface area contributed by atoms with Crippen molar-refractivity contribution >= 4 is 5.97 Å². The molecule has 23 heavy (non-hydrogen) atoms. The van der Waals surface area contributed by atoms with E-state index in [-0.39, 0.29) is 17.3 Å². The number of hydrogen-bond acceptors (Lipinski definition) is 2. The molecule has 0 radical (unpaired) electrons. The molecular formula is C20H32O3. The first kappa shape index (κ1) is 18.3. The van der Waals surface area contributed by atoms with Gasteiger partial charge in [0.1, 0.15) is 0 Å². The lowest BCUT2D eigenvalue weighted by atomic mass is 9.46. The van der Waals surface area contributed by atoms with Crippen molar-refractivity contribution in [3.8, 4) is 0 Å². The van der Waals surface area contributed by atoms with Gasteiger partial charge in [-0.3, -0.25) is 4.79 Å². The summed E-state index contributed by atoms with van der Waals surface area (Å²) in [6, 6.07) is 0. The Hall–Kier alpha value is -1.09. The summed E-state index contributed by atoms with van der Waals surface area (Å²) in [6.45, 7) is 14.0. The van der Waals surface area contributed by atoms with Gasteiger partial charge >= 0.3 is 5.97 Å². The minimum atomic E-state index is -0.867. The Labute approximate surface area is 140 Å². The van der Waals surface area contributed by atoms with Crippen LogP contribution in [0.25, 0.3) is 0 Å². The van der Waals surface area contributed by atoms with Crippen molar-refractivity contribution < 1.29 is 15.0 Å². The van der Waals surface area contributed by atoms with E-state index in [4.69, 9.17) is 0 Å². The summed E-state index contributed by atoms with van der Waals surface area (Å²) in [6.07, 6.45) is 7.70. The fourth-order valence-electron chi connectivity index (χ4n) is 5.28. The normalized spacial score (nSPS) is 40.1. The second-order valence-electron chi connectivity index (χ2n) is 8.48. The van der Waals surface area contributed by atoms with Gasteiger partial charge in [0, 0.05) is 0 Å². The Kier molecular flexibility index (Phi) is 4.83. The van der Waals surface area contributed by atoms with Crippen LogP contribution in [0.15, 0.2) is 24.8 Å². The van der Waals surface area contributed by atoms with Crippen LogP contribution in [0.1, 0.15) is 65.7 Å². The van der Waals surface area contributed by atoms with Crippen LogP contribution in [-0.2, 0) is 4.79 Å². The van der Waals surface area contributed by atoms with Crippen molar-refractivity contribution in [2.24, 2.45) is 22.7 Å². The smallest absolute Gasteiger partial charge is 0.309 e. The predicted octanol–water partition coefficient (Wildman–Crippen LogP) is 4.57. The van der Waals surface area contributed by atoms with Crippen molar-refractivity contribution in [3.05, 3.63) is 24.8 Å². The average Bonchev–Trinajstić information content (AvgIpc) is 2.46. The molecule has 0 saturated heterocycles. The molecule has 0 amide bonds. The van der Waals surface area contributed by atoms with Gasteiger partial charge in [0.05, 0.1) is 11.0 Å². The van der Waals surface area contributed by atoms with Crippen LogP contribution in [0.2, 0.25) is 0 Å². The molecule has 130 valence electrons. The van der Waals surface area contributed by atoms with Gasteiger partial charge in [-0.1, -0.05) is 31.6 Å². The standard InChI is InChI=1S/C20H32O3/c1-6-18(3,23)13-10-15-14(2)8-9-16-19(15,4)11-7-12-20(16,5)17(21)22/h6,15-16,23H,1-2,7-13H2,3-5H3,(H,21,22)/t15-,16-,18+,19-,20+/m1/s1. The highest BCUT2D eigenvalue weighted by Gasteiger charge is 2.57. The molecule has 0 heterocycles. The zero-order valence-electron chi connectivity index (χ0n) is 14.9. The van der Waals surface area contributed by atoms with E-state index in [1.165, 1.54) is 5.57 Å². The van der Waals surface area contributed by atoms with Crippen LogP contribution in [0.3, 0.4) is 0 Å². The van der Waals surface area contributed by atoms with Crippen molar-refractivity contribution in [2.45, 2.75) is 71.3 Å². The van der Waals surface area contributed by atoms with Gasteiger partial charge in [-0.25, -0.2) is 0 Å². The van der Waals surface area contributed by atoms with Crippen molar-refractivity contribution in [2.75, 3.05) is 0 Å². The molecule has 0 bridgehead atoms. The van der Waals surface area contributed by atoms with Crippen LogP contribution in [0.4, 0.5) is 0 Å². The highest BCUT2D eigenvalue weighted by molar-refractivity contribution is 5.75. The second-order valence-corrected chi connectivity index (χ2v) is 8.48. The highest BCUT2D eigenvalue weighted by atomic mass is 16.4. The van der Waals surface area contributed by atoms with Crippen LogP contribution >= 0.6 is 0 Å². The van der Waals surface area contributed by atoms with Gasteiger partial charge in [-0.15, -0.1) is 6.58 Å². The fourth-order valence-corrected chi connectivity index (χ4v) is 5.28. The average molecular weight is 320 g/mol. The van der Waals surface area contributed by atoms with E-state index in [0.29, 0.717) is 6.42 Å². The summed E-state index contributed by atoms with van der Waals surface area (Å²) >= 11 is 0. The van der Waals surface area contributed by atoms with Crippen molar-refractivity contribution in [3.63, 3.8) is 0 Å². The maximum Gasteiger partial charge on any atom is 0.309 e. The summed E-state index contributed by atoms with van der Waals surface area (Å²) in [5, 5.41) is 20.1. The van der Waals surface area contributed by atoms with Crippen LogP contribution in [0.5, 0.6) is 0 Å². The number of fused-ring (bicyclic) bond motifs is 1. The molecule has 2 saturated carbocycles. The topological polar surface area (TPSA) is 57.5 Å². The Morgan fingerprint density at radius 3 is 2.65 bits per heavy atom. The summed E-state index contributed by atoms with van der Waals surface area (Å²) in [7, 11) is 0. The minimum absolute atomic E-state index is 0.0298. The third-order valence-corrected chi connectivity index (χ3v) is 6.89. The molecule has 3 heteroatoms. The Morgan fingerprint density at radius 1 is 1.43 bits per heavy atom. The van der Waals surface area contributed by atoms with Crippen LogP contribution in [0, 0.1) is 22.7 Å². The molecule has 3 nitrogen and oxygen atoms in total. The Bertz CT molecular complexity index is 507. The van der Waals surface area contributed by atoms with E-state index < -0.39 is 17.0 Å². The Balaban J connectivity index is 2.29. The van der Waals surface area contributed by atoms with Gasteiger partial charge in [0.2, 0.25) is 0 Å². The lowest BCUT2D eigenvalue weighted by molar-refractivity contribution is -0.164. The van der Waals surface area contributed by atoms with Gasteiger partial charge in [-0.05, 0) is 69.6 Å². The van der Waals surface area contributed by atoms with E-state index >= 15 is 0 Å². The molecular weight excluding hydrogens is 288 g/mol. The molecule has 0 aliphatic heterocycles. The number of carbonyl (C=O) groups is 1. The van der Waals surface area contributed by atoms with Crippen molar-refractivity contribution in [1.29, 1.82) is 0 Å². The molecule has 2 fully saturated rings. The zero-order valence-corrected chi connectivity index (χ0v) is 14.9. The number of allylic oxidation sites excluding steroid dienone is 1. The van der Waals surface area contributed by atoms with E-state index in [1.54, 1.807) is 13.0 Å². The number of aliphatic carboxylic acids is 1. The molecule has 0 aromatic rings. The van der Waals surface area contributed by atoms with Gasteiger partial charge in [-0.2, -0.15) is 0 Å². The fraction of sp³-hybridized carbons (Fsp3) is 0.750. The quantitative estimate of drug-likeness (QED) is 0.730. The largest absolute Gasteiger partial charge is 0.481 e. The summed E-state index contributed by atoms with van der Waals surface area (Å²) in [4.78, 5) is 11.9. The predicted molar refractivity (Wildman–Crippen MR) is 93.1 cm³/mol.